The molecule has 3 heterocycles. The monoisotopic (exact) mass is 530 g/mol. The van der Waals surface area contributed by atoms with E-state index in [2.05, 4.69) is 9.98 Å². The maximum absolute atomic E-state index is 13.9. The summed E-state index contributed by atoms with van der Waals surface area (Å²) in [4.78, 5) is 33.9. The summed E-state index contributed by atoms with van der Waals surface area (Å²) in [6.45, 7) is 6.01. The van der Waals surface area contributed by atoms with E-state index in [4.69, 9.17) is 16.3 Å². The average Bonchev–Trinajstić information content (AvgIpc) is 2.83. The summed E-state index contributed by atoms with van der Waals surface area (Å²) < 4.78 is 34.9. The summed E-state index contributed by atoms with van der Waals surface area (Å²) in [5.41, 5.74) is -2.06. The third kappa shape index (κ3) is 6.46. The smallest absolute Gasteiger partial charge is 0.277 e. The molecule has 0 atom stereocenters. The van der Waals surface area contributed by atoms with E-state index in [9.17, 15) is 23.5 Å². The molecule has 0 aliphatic rings. The highest BCUT2D eigenvalue weighted by atomic mass is 35.5. The van der Waals surface area contributed by atoms with Crippen molar-refractivity contribution in [2.75, 3.05) is 0 Å². The zero-order chi connectivity index (χ0) is 27.3. The number of aromatic nitrogens is 3. The fourth-order valence-electron chi connectivity index (χ4n) is 3.30. The van der Waals surface area contributed by atoms with Gasteiger partial charge >= 0.3 is 0 Å². The third-order valence-corrected chi connectivity index (χ3v) is 5.52. The van der Waals surface area contributed by atoms with Gasteiger partial charge < -0.3 is 9.84 Å². The molecule has 0 fully saturated rings. The number of hydrogen-bond donors (Lipinski definition) is 1. The molecular weight excluding hydrogens is 506 g/mol. The molecule has 194 valence electrons. The summed E-state index contributed by atoms with van der Waals surface area (Å²) >= 11 is 6.22. The van der Waals surface area contributed by atoms with Crippen LogP contribution in [0.15, 0.2) is 69.6 Å². The third-order valence-electron chi connectivity index (χ3n) is 5.17. The highest BCUT2D eigenvalue weighted by Gasteiger charge is 2.21. The Morgan fingerprint density at radius 3 is 2.65 bits per heavy atom. The van der Waals surface area contributed by atoms with E-state index in [0.717, 1.165) is 6.20 Å². The van der Waals surface area contributed by atoms with Gasteiger partial charge in [0.15, 0.2) is 5.82 Å². The minimum Gasteiger partial charge on any atom is -0.485 e. The molecule has 8 nitrogen and oxygen atoms in total. The topological polar surface area (TPSA) is 98.7 Å². The van der Waals surface area contributed by atoms with Crippen molar-refractivity contribution in [3.05, 3.63) is 109 Å². The Bertz CT molecular complexity index is 1520. The number of aliphatic imine (C=N–C) groups is 1. The van der Waals surface area contributed by atoms with Gasteiger partial charge in [-0.1, -0.05) is 17.7 Å². The molecule has 1 N–H and O–H groups in total. The highest BCUT2D eigenvalue weighted by Crippen LogP contribution is 2.23. The summed E-state index contributed by atoms with van der Waals surface area (Å²) in [7, 11) is 0. The predicted octanol–water partition coefficient (Wildman–Crippen LogP) is 4.40. The van der Waals surface area contributed by atoms with Crippen LogP contribution in [0, 0.1) is 18.6 Å². The number of aliphatic hydroxyl groups is 1. The molecule has 0 aliphatic carbocycles. The SMILES string of the molecule is C/C=C/N=C(/C=C/n1c(C)cc(OCc2ncc(F)cc2F)c(Cl)c1=O)n1cccc(C(C)(C)O)c1=O. The molecule has 3 rings (SSSR count). The summed E-state index contributed by atoms with van der Waals surface area (Å²) in [5.74, 6) is -1.54. The fourth-order valence-corrected chi connectivity index (χ4v) is 3.50. The predicted molar refractivity (Wildman–Crippen MR) is 138 cm³/mol. The standard InChI is InChI=1S/C26H25ClF2N4O4/c1-5-9-30-22(33-10-6-7-18(24(33)34)26(3,4)36)8-11-32-16(2)12-21(23(27)25(32)35)37-15-20-19(29)13-17(28)14-31-20/h5-14,36H,15H2,1-4H3/b9-5+,11-8+,30-22-. The summed E-state index contributed by atoms with van der Waals surface area (Å²) in [5, 5.41) is 10.1. The zero-order valence-electron chi connectivity index (χ0n) is 20.6. The number of halogens is 3. The molecule has 0 aliphatic heterocycles. The number of aryl methyl sites for hydroxylation is 1. The van der Waals surface area contributed by atoms with Crippen LogP contribution in [0.2, 0.25) is 5.02 Å². The molecular formula is C26H25ClF2N4O4. The molecule has 0 saturated carbocycles. The minimum absolute atomic E-state index is 0.00348. The van der Waals surface area contributed by atoms with Crippen molar-refractivity contribution in [3.63, 3.8) is 0 Å². The minimum atomic E-state index is -1.38. The van der Waals surface area contributed by atoms with E-state index in [-0.39, 0.29) is 34.5 Å². The van der Waals surface area contributed by atoms with E-state index in [1.165, 1.54) is 59.8 Å². The number of nitrogens with zero attached hydrogens (tertiary/aromatic N) is 4. The molecule has 0 radical (unpaired) electrons. The first-order valence-corrected chi connectivity index (χ1v) is 11.5. The highest BCUT2D eigenvalue weighted by molar-refractivity contribution is 6.31. The lowest BCUT2D eigenvalue weighted by Crippen LogP contribution is -2.34. The lowest BCUT2D eigenvalue weighted by Gasteiger charge is -2.18. The quantitative estimate of drug-likeness (QED) is 0.360. The molecule has 3 aromatic heterocycles. The van der Waals surface area contributed by atoms with Crippen LogP contribution < -0.4 is 15.9 Å². The van der Waals surface area contributed by atoms with E-state index in [1.807, 2.05) is 0 Å². The fraction of sp³-hybridized carbons (Fsp3) is 0.231. The molecule has 0 saturated heterocycles. The van der Waals surface area contributed by atoms with Crippen molar-refractivity contribution >= 4 is 23.6 Å². The van der Waals surface area contributed by atoms with E-state index >= 15 is 0 Å². The second-order valence-electron chi connectivity index (χ2n) is 8.45. The second-order valence-corrected chi connectivity index (χ2v) is 8.83. The van der Waals surface area contributed by atoms with Gasteiger partial charge in [-0.15, -0.1) is 0 Å². The van der Waals surface area contributed by atoms with Crippen molar-refractivity contribution in [1.29, 1.82) is 0 Å². The van der Waals surface area contributed by atoms with Crippen LogP contribution in [-0.4, -0.2) is 25.1 Å². The Hall–Kier alpha value is -3.89. The maximum Gasteiger partial charge on any atom is 0.277 e. The largest absolute Gasteiger partial charge is 0.485 e. The van der Waals surface area contributed by atoms with Gasteiger partial charge in [0.1, 0.15) is 34.7 Å². The number of ether oxygens (including phenoxy) is 1. The zero-order valence-corrected chi connectivity index (χ0v) is 21.3. The van der Waals surface area contributed by atoms with Crippen molar-refractivity contribution in [1.82, 2.24) is 14.1 Å². The Kier molecular flexibility index (Phi) is 8.57. The number of allylic oxidation sites excluding steroid dienone is 2. The lowest BCUT2D eigenvalue weighted by molar-refractivity contribution is 0.0768. The van der Waals surface area contributed by atoms with Crippen molar-refractivity contribution in [2.45, 2.75) is 39.9 Å². The molecule has 0 aromatic carbocycles. The van der Waals surface area contributed by atoms with Crippen LogP contribution in [0.25, 0.3) is 6.20 Å². The Morgan fingerprint density at radius 1 is 1.27 bits per heavy atom. The van der Waals surface area contributed by atoms with Crippen LogP contribution in [0.1, 0.15) is 37.7 Å². The first-order chi connectivity index (χ1) is 17.4. The maximum atomic E-state index is 13.9. The van der Waals surface area contributed by atoms with Crippen molar-refractivity contribution in [3.8, 4) is 5.75 Å². The molecule has 37 heavy (non-hydrogen) atoms. The average molecular weight is 531 g/mol. The van der Waals surface area contributed by atoms with E-state index in [1.54, 1.807) is 26.0 Å². The number of rotatable bonds is 7. The van der Waals surface area contributed by atoms with E-state index in [0.29, 0.717) is 11.8 Å². The Balaban J connectivity index is 1.97. The van der Waals surface area contributed by atoms with Gasteiger partial charge in [-0.05, 0) is 45.9 Å². The van der Waals surface area contributed by atoms with Gasteiger partial charge in [0.25, 0.3) is 11.1 Å². The molecule has 0 bridgehead atoms. The first kappa shape index (κ1) is 27.7. The van der Waals surface area contributed by atoms with Crippen LogP contribution in [0.4, 0.5) is 8.78 Å². The van der Waals surface area contributed by atoms with Crippen molar-refractivity contribution < 1.29 is 18.6 Å². The molecule has 3 aromatic rings. The Morgan fingerprint density at radius 2 is 2.00 bits per heavy atom. The van der Waals surface area contributed by atoms with Gasteiger partial charge in [-0.3, -0.25) is 23.7 Å². The molecule has 0 unspecified atom stereocenters. The van der Waals surface area contributed by atoms with Gasteiger partial charge in [-0.2, -0.15) is 0 Å². The van der Waals surface area contributed by atoms with Crippen molar-refractivity contribution in [2.24, 2.45) is 4.99 Å². The van der Waals surface area contributed by atoms with Gasteiger partial charge in [-0.25, -0.2) is 13.8 Å². The number of hydrogen-bond acceptors (Lipinski definition) is 6. The first-order valence-electron chi connectivity index (χ1n) is 11.1. The molecule has 0 amide bonds. The van der Waals surface area contributed by atoms with Gasteiger partial charge in [0.2, 0.25) is 0 Å². The lowest BCUT2D eigenvalue weighted by atomic mass is 10.0. The van der Waals surface area contributed by atoms with Gasteiger partial charge in [0, 0.05) is 42.0 Å². The molecule has 11 heteroatoms. The van der Waals surface area contributed by atoms with Crippen LogP contribution >= 0.6 is 11.6 Å². The normalized spacial score (nSPS) is 12.6. The number of pyridine rings is 3. The van der Waals surface area contributed by atoms with Crippen LogP contribution in [0.5, 0.6) is 5.75 Å². The van der Waals surface area contributed by atoms with Crippen LogP contribution in [0.3, 0.4) is 0 Å². The van der Waals surface area contributed by atoms with Crippen LogP contribution in [-0.2, 0) is 12.2 Å². The second kappa shape index (κ2) is 11.4. The van der Waals surface area contributed by atoms with Gasteiger partial charge in [0.05, 0.1) is 11.8 Å². The Labute approximate surface area is 216 Å². The summed E-state index contributed by atoms with van der Waals surface area (Å²) in [6, 6.07) is 5.28. The van der Waals surface area contributed by atoms with E-state index < -0.39 is 28.4 Å². The summed E-state index contributed by atoms with van der Waals surface area (Å²) in [6.07, 6.45) is 8.32. The molecule has 0 spiro atoms.